The summed E-state index contributed by atoms with van der Waals surface area (Å²) in [6.45, 7) is 5.23. The number of benzene rings is 1. The van der Waals surface area contributed by atoms with Gasteiger partial charge in [-0.15, -0.1) is 0 Å². The van der Waals surface area contributed by atoms with Crippen LogP contribution in [0.5, 0.6) is 0 Å². The zero-order chi connectivity index (χ0) is 15.1. The first-order valence-electron chi connectivity index (χ1n) is 7.99. The average Bonchev–Trinajstić information content (AvgIpc) is 3.02. The van der Waals surface area contributed by atoms with Crippen molar-refractivity contribution in [2.45, 2.75) is 38.6 Å². The normalized spacial score (nSPS) is 16.0. The van der Waals surface area contributed by atoms with Crippen LogP contribution in [0, 0.1) is 0 Å². The van der Waals surface area contributed by atoms with E-state index in [0.717, 1.165) is 26.1 Å². The third kappa shape index (κ3) is 4.74. The van der Waals surface area contributed by atoms with Crippen LogP contribution in [-0.4, -0.2) is 32.6 Å². The van der Waals surface area contributed by atoms with Gasteiger partial charge in [-0.2, -0.15) is 0 Å². The molecular weight excluding hydrogens is 262 g/mol. The molecule has 2 rings (SSSR count). The second-order valence-corrected chi connectivity index (χ2v) is 5.79. The summed E-state index contributed by atoms with van der Waals surface area (Å²) in [6.07, 6.45) is 4.02. The van der Waals surface area contributed by atoms with E-state index in [1.54, 1.807) is 0 Å². The second-order valence-electron chi connectivity index (χ2n) is 5.79. The number of nitrogens with one attached hydrogen (secondary N) is 2. The van der Waals surface area contributed by atoms with E-state index >= 15 is 0 Å². The minimum atomic E-state index is 0.0645. The van der Waals surface area contributed by atoms with E-state index in [9.17, 15) is 4.79 Å². The summed E-state index contributed by atoms with van der Waals surface area (Å²) in [4.78, 5) is 14.3. The molecule has 2 N–H and O–H groups in total. The van der Waals surface area contributed by atoms with Gasteiger partial charge in [0.1, 0.15) is 0 Å². The van der Waals surface area contributed by atoms with Crippen molar-refractivity contribution in [2.24, 2.45) is 0 Å². The number of hydrogen-bond acceptors (Lipinski definition) is 3. The van der Waals surface area contributed by atoms with Crippen molar-refractivity contribution in [3.8, 4) is 0 Å². The molecule has 0 spiro atoms. The lowest BCUT2D eigenvalue weighted by Gasteiger charge is -2.20. The predicted molar refractivity (Wildman–Crippen MR) is 87.6 cm³/mol. The lowest BCUT2D eigenvalue weighted by atomic mass is 10.1. The summed E-state index contributed by atoms with van der Waals surface area (Å²) in [5.74, 6) is 0.129. The fraction of sp³-hybridized carbons (Fsp3) is 0.588. The lowest BCUT2D eigenvalue weighted by molar-refractivity contribution is -0.121. The summed E-state index contributed by atoms with van der Waals surface area (Å²) in [5.41, 5.74) is 2.46. The molecule has 0 bridgehead atoms. The molecule has 1 atom stereocenters. The van der Waals surface area contributed by atoms with Crippen molar-refractivity contribution in [3.05, 3.63) is 29.8 Å². The molecule has 0 aromatic heterocycles. The quantitative estimate of drug-likeness (QED) is 0.758. The minimum Gasteiger partial charge on any atom is -0.372 e. The third-order valence-electron chi connectivity index (χ3n) is 4.05. The SMILES string of the molecule is CNCCCC(=O)NC(C)c1cccc(N2CCCC2)c1. The van der Waals surface area contributed by atoms with Gasteiger partial charge < -0.3 is 15.5 Å². The summed E-state index contributed by atoms with van der Waals surface area (Å²) < 4.78 is 0. The standard InChI is InChI=1S/C17H27N3O/c1-14(19-17(21)9-6-10-18-2)15-7-5-8-16(13-15)20-11-3-4-12-20/h5,7-8,13-14,18H,3-4,6,9-12H2,1-2H3,(H,19,21). The predicted octanol–water partition coefficient (Wildman–Crippen LogP) is 2.46. The molecule has 116 valence electrons. The zero-order valence-electron chi connectivity index (χ0n) is 13.2. The minimum absolute atomic E-state index is 0.0645. The van der Waals surface area contributed by atoms with E-state index in [-0.39, 0.29) is 11.9 Å². The van der Waals surface area contributed by atoms with Gasteiger partial charge >= 0.3 is 0 Å². The van der Waals surface area contributed by atoms with E-state index < -0.39 is 0 Å². The Kier molecular flexibility index (Phi) is 6.05. The van der Waals surface area contributed by atoms with Gasteiger partial charge in [0.2, 0.25) is 5.91 Å². The molecule has 1 unspecified atom stereocenters. The lowest BCUT2D eigenvalue weighted by Crippen LogP contribution is -2.27. The molecular formula is C17H27N3O. The Morgan fingerprint density at radius 1 is 1.33 bits per heavy atom. The van der Waals surface area contributed by atoms with Crippen LogP contribution >= 0.6 is 0 Å². The number of carbonyl (C=O) groups is 1. The summed E-state index contributed by atoms with van der Waals surface area (Å²) in [6, 6.07) is 8.62. The van der Waals surface area contributed by atoms with E-state index in [4.69, 9.17) is 0 Å². The fourth-order valence-corrected chi connectivity index (χ4v) is 2.79. The van der Waals surface area contributed by atoms with Crippen molar-refractivity contribution in [1.29, 1.82) is 0 Å². The molecule has 1 aromatic carbocycles. The Bertz CT molecular complexity index is 455. The smallest absolute Gasteiger partial charge is 0.220 e. The van der Waals surface area contributed by atoms with Gasteiger partial charge in [0, 0.05) is 25.2 Å². The van der Waals surface area contributed by atoms with Crippen LogP contribution in [-0.2, 0) is 4.79 Å². The van der Waals surface area contributed by atoms with Gasteiger partial charge in [-0.25, -0.2) is 0 Å². The first-order valence-corrected chi connectivity index (χ1v) is 7.99. The van der Waals surface area contributed by atoms with Crippen molar-refractivity contribution in [2.75, 3.05) is 31.6 Å². The van der Waals surface area contributed by atoms with Gasteiger partial charge in [0.05, 0.1) is 6.04 Å². The van der Waals surface area contributed by atoms with Crippen molar-refractivity contribution >= 4 is 11.6 Å². The number of nitrogens with zero attached hydrogens (tertiary/aromatic N) is 1. The summed E-state index contributed by atoms with van der Waals surface area (Å²) >= 11 is 0. The average molecular weight is 289 g/mol. The first-order chi connectivity index (χ1) is 10.2. The molecule has 0 radical (unpaired) electrons. The molecule has 4 heteroatoms. The maximum absolute atomic E-state index is 11.9. The summed E-state index contributed by atoms with van der Waals surface area (Å²) in [7, 11) is 1.91. The molecule has 1 aliphatic heterocycles. The molecule has 1 heterocycles. The highest BCUT2D eigenvalue weighted by atomic mass is 16.1. The monoisotopic (exact) mass is 289 g/mol. The van der Waals surface area contributed by atoms with Crippen LogP contribution in [0.3, 0.4) is 0 Å². The Balaban J connectivity index is 1.90. The highest BCUT2D eigenvalue weighted by molar-refractivity contribution is 5.76. The van der Waals surface area contributed by atoms with Crippen LogP contribution in [0.4, 0.5) is 5.69 Å². The maximum atomic E-state index is 11.9. The van der Waals surface area contributed by atoms with Gasteiger partial charge in [0.15, 0.2) is 0 Å². The van der Waals surface area contributed by atoms with Gasteiger partial charge in [0.25, 0.3) is 0 Å². The van der Waals surface area contributed by atoms with E-state index in [1.165, 1.54) is 24.1 Å². The number of hydrogen-bond donors (Lipinski definition) is 2. The van der Waals surface area contributed by atoms with Crippen LogP contribution in [0.25, 0.3) is 0 Å². The maximum Gasteiger partial charge on any atom is 0.220 e. The fourth-order valence-electron chi connectivity index (χ4n) is 2.79. The zero-order valence-corrected chi connectivity index (χ0v) is 13.2. The Labute approximate surface area is 127 Å². The second kappa shape index (κ2) is 8.03. The molecule has 1 saturated heterocycles. The Hall–Kier alpha value is -1.55. The van der Waals surface area contributed by atoms with Crippen LogP contribution in [0.15, 0.2) is 24.3 Å². The van der Waals surface area contributed by atoms with Crippen molar-refractivity contribution in [3.63, 3.8) is 0 Å². The molecule has 1 aromatic rings. The molecule has 0 aliphatic carbocycles. The molecule has 1 aliphatic rings. The summed E-state index contributed by atoms with van der Waals surface area (Å²) in [5, 5.41) is 6.15. The Morgan fingerprint density at radius 2 is 2.10 bits per heavy atom. The van der Waals surface area contributed by atoms with Crippen molar-refractivity contribution in [1.82, 2.24) is 10.6 Å². The van der Waals surface area contributed by atoms with Gasteiger partial charge in [-0.1, -0.05) is 12.1 Å². The van der Waals surface area contributed by atoms with Crippen LogP contribution in [0.2, 0.25) is 0 Å². The third-order valence-corrected chi connectivity index (χ3v) is 4.05. The van der Waals surface area contributed by atoms with Gasteiger partial charge in [-0.3, -0.25) is 4.79 Å². The van der Waals surface area contributed by atoms with Crippen LogP contribution < -0.4 is 15.5 Å². The molecule has 21 heavy (non-hydrogen) atoms. The van der Waals surface area contributed by atoms with Crippen molar-refractivity contribution < 1.29 is 4.79 Å². The van der Waals surface area contributed by atoms with E-state index in [0.29, 0.717) is 6.42 Å². The molecule has 0 saturated carbocycles. The largest absolute Gasteiger partial charge is 0.372 e. The Morgan fingerprint density at radius 3 is 2.81 bits per heavy atom. The number of carbonyl (C=O) groups excluding carboxylic acids is 1. The molecule has 4 nitrogen and oxygen atoms in total. The number of anilines is 1. The van der Waals surface area contributed by atoms with E-state index in [1.807, 2.05) is 7.05 Å². The highest BCUT2D eigenvalue weighted by Crippen LogP contribution is 2.23. The topological polar surface area (TPSA) is 44.4 Å². The molecule has 1 fully saturated rings. The van der Waals surface area contributed by atoms with Gasteiger partial charge in [-0.05, 0) is 57.5 Å². The number of rotatable bonds is 7. The number of amides is 1. The first kappa shape index (κ1) is 15.8. The highest BCUT2D eigenvalue weighted by Gasteiger charge is 2.14. The van der Waals surface area contributed by atoms with E-state index in [2.05, 4.69) is 46.7 Å². The molecule has 1 amide bonds. The van der Waals surface area contributed by atoms with Crippen LogP contribution in [0.1, 0.15) is 44.2 Å².